The van der Waals surface area contributed by atoms with Gasteiger partial charge in [-0.2, -0.15) is 0 Å². The molecule has 3 rings (SSSR count). The molecule has 0 saturated carbocycles. The van der Waals surface area contributed by atoms with Gasteiger partial charge in [0.05, 0.1) is 27.9 Å². The third-order valence-electron chi connectivity index (χ3n) is 5.87. The van der Waals surface area contributed by atoms with Crippen LogP contribution in [0.4, 0.5) is 5.69 Å². The molecule has 2 aromatic carbocycles. The number of amides is 1. The molecule has 0 saturated heterocycles. The third-order valence-corrected chi connectivity index (χ3v) is 5.87. The van der Waals surface area contributed by atoms with Crippen molar-refractivity contribution in [2.75, 3.05) is 39.7 Å². The Morgan fingerprint density at radius 2 is 1.77 bits per heavy atom. The number of rotatable bonds is 7. The number of methoxy groups -OCH3 is 3. The highest BCUT2D eigenvalue weighted by molar-refractivity contribution is 5.92. The van der Waals surface area contributed by atoms with Crippen molar-refractivity contribution >= 4 is 17.6 Å². The van der Waals surface area contributed by atoms with E-state index in [1.165, 1.54) is 7.11 Å². The van der Waals surface area contributed by atoms with Crippen molar-refractivity contribution in [2.24, 2.45) is 0 Å². The van der Waals surface area contributed by atoms with E-state index in [9.17, 15) is 9.59 Å². The molecule has 0 radical (unpaired) electrons. The van der Waals surface area contributed by atoms with Gasteiger partial charge in [-0.05, 0) is 43.2 Å². The number of hydrogen-bond acceptors (Lipinski definition) is 5. The first-order chi connectivity index (χ1) is 14.9. The molecule has 1 aliphatic heterocycles. The van der Waals surface area contributed by atoms with Crippen LogP contribution >= 0.6 is 0 Å². The van der Waals surface area contributed by atoms with Crippen molar-refractivity contribution < 1.29 is 28.7 Å². The first kappa shape index (κ1) is 22.6. The Labute approximate surface area is 183 Å². The zero-order chi connectivity index (χ0) is 22.5. The van der Waals surface area contributed by atoms with Crippen molar-refractivity contribution in [1.82, 2.24) is 0 Å². The Balaban J connectivity index is 1.85. The van der Waals surface area contributed by atoms with Gasteiger partial charge in [0.15, 0.2) is 18.0 Å². The number of carbonyl (C=O) groups excluding carboxylic acids is 2. The van der Waals surface area contributed by atoms with Gasteiger partial charge >= 0.3 is 5.97 Å². The van der Waals surface area contributed by atoms with E-state index in [0.29, 0.717) is 11.5 Å². The molecule has 2 atom stereocenters. The van der Waals surface area contributed by atoms with Gasteiger partial charge in [0.2, 0.25) is 0 Å². The second kappa shape index (κ2) is 9.83. The molecule has 0 aliphatic carbocycles. The Morgan fingerprint density at radius 1 is 1.06 bits per heavy atom. The largest absolute Gasteiger partial charge is 0.493 e. The monoisotopic (exact) mass is 427 g/mol. The van der Waals surface area contributed by atoms with E-state index in [1.807, 2.05) is 44.2 Å². The van der Waals surface area contributed by atoms with Crippen molar-refractivity contribution in [2.45, 2.75) is 32.7 Å². The van der Waals surface area contributed by atoms with Gasteiger partial charge < -0.3 is 24.4 Å². The Bertz CT molecular complexity index is 973. The summed E-state index contributed by atoms with van der Waals surface area (Å²) in [6.07, 6.45) is 0.963. The number of hydrogen-bond donors (Lipinski definition) is 2. The molecule has 7 nitrogen and oxygen atoms in total. The summed E-state index contributed by atoms with van der Waals surface area (Å²) in [7, 11) is 4.57. The molecule has 2 aromatic rings. The van der Waals surface area contributed by atoms with E-state index in [-0.39, 0.29) is 30.9 Å². The van der Waals surface area contributed by atoms with E-state index in [4.69, 9.17) is 14.2 Å². The molecule has 2 N–H and O–H groups in total. The number of ether oxygens (including phenoxy) is 3. The summed E-state index contributed by atoms with van der Waals surface area (Å²) in [5.74, 6) is 0.881. The van der Waals surface area contributed by atoms with E-state index < -0.39 is 0 Å². The average molecular weight is 428 g/mol. The summed E-state index contributed by atoms with van der Waals surface area (Å²) >= 11 is 0. The Hall–Kier alpha value is -3.06. The first-order valence-electron chi connectivity index (χ1n) is 10.4. The minimum Gasteiger partial charge on any atom is -0.493 e. The van der Waals surface area contributed by atoms with Crippen molar-refractivity contribution in [3.05, 3.63) is 52.6 Å². The van der Waals surface area contributed by atoms with Gasteiger partial charge in [-0.3, -0.25) is 9.59 Å². The van der Waals surface area contributed by atoms with Crippen LogP contribution in [0.3, 0.4) is 0 Å². The molecular formula is C24H31N2O5+. The molecule has 1 amide bonds. The number of fused-ring (bicyclic) bond motifs is 1. The van der Waals surface area contributed by atoms with Crippen molar-refractivity contribution in [3.8, 4) is 11.5 Å². The number of carbonyl (C=O) groups is 2. The summed E-state index contributed by atoms with van der Waals surface area (Å²) in [6, 6.07) is 9.62. The number of nitrogens with one attached hydrogen (secondary N) is 2. The van der Waals surface area contributed by atoms with E-state index >= 15 is 0 Å². The molecule has 0 fully saturated rings. The predicted octanol–water partition coefficient (Wildman–Crippen LogP) is 2.00. The summed E-state index contributed by atoms with van der Waals surface area (Å²) in [5.41, 5.74) is 5.07. The Morgan fingerprint density at radius 3 is 2.42 bits per heavy atom. The molecule has 166 valence electrons. The SMILES string of the molecule is COC(=O)C[C@H]1c2cc(OC)c(OC)cc2CC[NH+]1CC(=O)Nc1ccc(C)cc1C. The van der Waals surface area contributed by atoms with E-state index in [0.717, 1.165) is 45.8 Å². The highest BCUT2D eigenvalue weighted by atomic mass is 16.5. The maximum atomic E-state index is 12.9. The molecular weight excluding hydrogens is 396 g/mol. The minimum absolute atomic E-state index is 0.0826. The lowest BCUT2D eigenvalue weighted by molar-refractivity contribution is -0.925. The zero-order valence-corrected chi connectivity index (χ0v) is 18.8. The van der Waals surface area contributed by atoms with Gasteiger partial charge in [0.1, 0.15) is 12.5 Å². The summed E-state index contributed by atoms with van der Waals surface area (Å²) in [4.78, 5) is 26.1. The van der Waals surface area contributed by atoms with Gasteiger partial charge in [-0.1, -0.05) is 17.7 Å². The fraction of sp³-hybridized carbons (Fsp3) is 0.417. The maximum Gasteiger partial charge on any atom is 0.311 e. The van der Waals surface area contributed by atoms with Crippen LogP contribution in [0.15, 0.2) is 30.3 Å². The fourth-order valence-electron chi connectivity index (χ4n) is 4.24. The molecule has 7 heteroatoms. The number of anilines is 1. The lowest BCUT2D eigenvalue weighted by Crippen LogP contribution is -3.14. The number of benzene rings is 2. The lowest BCUT2D eigenvalue weighted by atomic mass is 9.90. The molecule has 1 aliphatic rings. The van der Waals surface area contributed by atoms with Crippen molar-refractivity contribution in [1.29, 1.82) is 0 Å². The van der Waals surface area contributed by atoms with Crippen LogP contribution in [0.2, 0.25) is 0 Å². The smallest absolute Gasteiger partial charge is 0.311 e. The second-order valence-electron chi connectivity index (χ2n) is 7.94. The van der Waals surface area contributed by atoms with Gasteiger partial charge in [-0.25, -0.2) is 0 Å². The van der Waals surface area contributed by atoms with Gasteiger partial charge in [0.25, 0.3) is 5.91 Å². The van der Waals surface area contributed by atoms with Crippen LogP contribution in [0.5, 0.6) is 11.5 Å². The summed E-state index contributed by atoms with van der Waals surface area (Å²) < 4.78 is 15.8. The van der Waals surface area contributed by atoms with Crippen molar-refractivity contribution in [3.63, 3.8) is 0 Å². The predicted molar refractivity (Wildman–Crippen MR) is 118 cm³/mol. The van der Waals surface area contributed by atoms with Gasteiger partial charge in [-0.15, -0.1) is 0 Å². The van der Waals surface area contributed by atoms with Crippen LogP contribution in [-0.4, -0.2) is 46.3 Å². The number of quaternary nitrogens is 1. The third kappa shape index (κ3) is 5.17. The van der Waals surface area contributed by atoms with Crippen LogP contribution in [0.25, 0.3) is 0 Å². The van der Waals surface area contributed by atoms with E-state index in [2.05, 4.69) is 5.32 Å². The lowest BCUT2D eigenvalue weighted by Gasteiger charge is -2.34. The molecule has 1 unspecified atom stereocenters. The topological polar surface area (TPSA) is 78.3 Å². The number of aryl methyl sites for hydroxylation is 2. The molecule has 0 spiro atoms. The fourth-order valence-corrected chi connectivity index (χ4v) is 4.24. The molecule has 0 bridgehead atoms. The normalized spacial score (nSPS) is 17.5. The van der Waals surface area contributed by atoms with Gasteiger partial charge in [0, 0.05) is 17.7 Å². The average Bonchev–Trinajstić information content (AvgIpc) is 2.76. The van der Waals surface area contributed by atoms with Crippen LogP contribution in [-0.2, 0) is 20.7 Å². The highest BCUT2D eigenvalue weighted by Crippen LogP contribution is 2.35. The van der Waals surface area contributed by atoms with Crippen LogP contribution in [0, 0.1) is 13.8 Å². The number of esters is 1. The second-order valence-corrected chi connectivity index (χ2v) is 7.94. The Kier molecular flexibility index (Phi) is 7.17. The molecule has 1 heterocycles. The zero-order valence-electron chi connectivity index (χ0n) is 18.8. The van der Waals surface area contributed by atoms with Crippen LogP contribution in [0.1, 0.15) is 34.7 Å². The first-order valence-corrected chi connectivity index (χ1v) is 10.4. The quantitative estimate of drug-likeness (QED) is 0.661. The molecule has 0 aromatic heterocycles. The summed E-state index contributed by atoms with van der Waals surface area (Å²) in [6.45, 7) is 4.98. The molecule has 31 heavy (non-hydrogen) atoms. The minimum atomic E-state index is -0.306. The standard InChI is InChI=1S/C24H30N2O5/c1-15-6-7-19(16(2)10-15)25-23(27)14-26-9-8-17-11-21(29-3)22(30-4)12-18(17)20(26)13-24(28)31-5/h6-7,10-12,20H,8-9,13-14H2,1-5H3,(H,25,27)/p+1/t20-/m0/s1. The summed E-state index contributed by atoms with van der Waals surface area (Å²) in [5, 5.41) is 3.02. The highest BCUT2D eigenvalue weighted by Gasteiger charge is 2.35. The van der Waals surface area contributed by atoms with E-state index in [1.54, 1.807) is 14.2 Å². The maximum absolute atomic E-state index is 12.9. The van der Waals surface area contributed by atoms with Crippen LogP contribution < -0.4 is 19.7 Å².